The first-order valence-corrected chi connectivity index (χ1v) is 21.5. The molecule has 0 bridgehead atoms. The number of benzene rings is 4. The number of fused-ring (bicyclic) bond motifs is 2. The van der Waals surface area contributed by atoms with Crippen LogP contribution in [-0.4, -0.2) is 68.9 Å². The van der Waals surface area contributed by atoms with Crippen LogP contribution in [0.4, 0.5) is 0 Å². The quantitative estimate of drug-likeness (QED) is 0.0490. The summed E-state index contributed by atoms with van der Waals surface area (Å²) in [4.78, 5) is 75.5. The van der Waals surface area contributed by atoms with Crippen molar-refractivity contribution in [2.45, 2.75) is 99.3 Å². The maximum absolute atomic E-state index is 13.1. The van der Waals surface area contributed by atoms with Crippen molar-refractivity contribution in [2.75, 3.05) is 13.2 Å². The topological polar surface area (TPSA) is 220 Å². The van der Waals surface area contributed by atoms with Gasteiger partial charge in [0.15, 0.2) is 26.7 Å². The Kier molecular flexibility index (Phi) is 13.9. The molecule has 16 nitrogen and oxygen atoms in total. The van der Waals surface area contributed by atoms with E-state index in [2.05, 4.69) is 13.8 Å². The summed E-state index contributed by atoms with van der Waals surface area (Å²) in [6.45, 7) is 17.1. The van der Waals surface area contributed by atoms with Gasteiger partial charge in [-0.15, -0.1) is 0 Å². The normalized spacial score (nSPS) is 11.9. The molecular formula is C51H56N4O12. The van der Waals surface area contributed by atoms with E-state index in [1.807, 2.05) is 48.5 Å². The van der Waals surface area contributed by atoms with Crippen LogP contribution >= 0.6 is 0 Å². The van der Waals surface area contributed by atoms with Gasteiger partial charge in [-0.1, -0.05) is 50.2 Å². The maximum atomic E-state index is 13.1. The third-order valence-corrected chi connectivity index (χ3v) is 10.9. The summed E-state index contributed by atoms with van der Waals surface area (Å²) < 4.78 is 38.3. The fraction of sp³-hybridized carbons (Fsp3) is 0.333. The molecule has 67 heavy (non-hydrogen) atoms. The first-order valence-electron chi connectivity index (χ1n) is 21.5. The van der Waals surface area contributed by atoms with Gasteiger partial charge in [-0.2, -0.15) is 0 Å². The average Bonchev–Trinajstić information content (AvgIpc) is 3.70. The SMILES string of the molecule is Cc1c(C(=O)C(N)=O)c2c(OCC(=O)OC(C)(C)C)cccc2n1COc1ccc(C(C)(C)c2ccc(OCn3c(C)c(C(=O)C(N)=O)c4c(OCC(=O)OC(C)(C)C)cccc43)cc2)cc1. The van der Waals surface area contributed by atoms with Gasteiger partial charge in [0.05, 0.1) is 32.9 Å². The molecule has 6 rings (SSSR count). The van der Waals surface area contributed by atoms with Crippen LogP contribution in [0, 0.1) is 13.8 Å². The molecule has 4 N–H and O–H groups in total. The molecule has 4 aromatic carbocycles. The van der Waals surface area contributed by atoms with E-state index >= 15 is 0 Å². The van der Waals surface area contributed by atoms with Crippen molar-refractivity contribution in [3.63, 3.8) is 0 Å². The standard InChI is InChI=1S/C51H56N4O12/c1-29-41(45(58)47(52)60)43-35(13-11-15-37(43)62-25-39(56)66-49(3,4)5)54(29)27-64-33-21-17-31(18-22-33)51(9,10)32-19-23-34(24-20-32)65-28-55-30(2)42(46(59)48(53)61)44-36(55)14-12-16-38(44)63-26-40(57)67-50(6,7)8/h11-24H,25-28H2,1-10H3,(H2,52,60)(H2,53,61). The highest BCUT2D eigenvalue weighted by Gasteiger charge is 2.29. The summed E-state index contributed by atoms with van der Waals surface area (Å²) in [5.41, 5.74) is 13.0. The number of carbonyl (C=O) groups excluding carboxylic acids is 6. The van der Waals surface area contributed by atoms with Crippen molar-refractivity contribution in [1.29, 1.82) is 0 Å². The minimum absolute atomic E-state index is 0.0295. The molecule has 0 aliphatic heterocycles. The Bertz CT molecular complexity index is 2700. The summed E-state index contributed by atoms with van der Waals surface area (Å²) in [5.74, 6) is -3.79. The number of primary amides is 2. The molecule has 2 amide bonds. The zero-order chi connectivity index (χ0) is 49.2. The van der Waals surface area contributed by atoms with Gasteiger partial charge in [0.25, 0.3) is 23.4 Å². The Morgan fingerprint density at radius 3 is 1.15 bits per heavy atom. The monoisotopic (exact) mass is 916 g/mol. The molecular weight excluding hydrogens is 861 g/mol. The maximum Gasteiger partial charge on any atom is 0.344 e. The molecule has 6 aromatic rings. The number of esters is 2. The predicted octanol–water partition coefficient (Wildman–Crippen LogP) is 7.39. The first kappa shape index (κ1) is 48.8. The number of rotatable bonds is 18. The number of hydrogen-bond acceptors (Lipinski definition) is 12. The van der Waals surface area contributed by atoms with E-state index in [-0.39, 0.29) is 36.1 Å². The van der Waals surface area contributed by atoms with E-state index in [9.17, 15) is 28.8 Å². The van der Waals surface area contributed by atoms with Gasteiger partial charge >= 0.3 is 11.9 Å². The van der Waals surface area contributed by atoms with Crippen LogP contribution < -0.4 is 30.4 Å². The molecule has 0 saturated heterocycles. The third kappa shape index (κ3) is 10.9. The molecule has 0 atom stereocenters. The Morgan fingerprint density at radius 2 is 0.836 bits per heavy atom. The van der Waals surface area contributed by atoms with Crippen LogP contribution in [0.5, 0.6) is 23.0 Å². The summed E-state index contributed by atoms with van der Waals surface area (Å²) in [6, 6.07) is 25.3. The fourth-order valence-electron chi connectivity index (χ4n) is 7.76. The van der Waals surface area contributed by atoms with Crippen LogP contribution in [0.25, 0.3) is 21.8 Å². The molecule has 2 aromatic heterocycles. The molecule has 352 valence electrons. The van der Waals surface area contributed by atoms with Gasteiger partial charge in [-0.25, -0.2) is 9.59 Å². The number of ketones is 2. The van der Waals surface area contributed by atoms with Crippen molar-refractivity contribution in [3.8, 4) is 23.0 Å². The first-order chi connectivity index (χ1) is 31.4. The van der Waals surface area contributed by atoms with E-state index in [4.69, 9.17) is 39.9 Å². The van der Waals surface area contributed by atoms with Crippen molar-refractivity contribution < 1.29 is 57.2 Å². The number of nitrogens with zero attached hydrogens (tertiary/aromatic N) is 2. The van der Waals surface area contributed by atoms with Gasteiger partial charge in [0, 0.05) is 16.8 Å². The van der Waals surface area contributed by atoms with Crippen LogP contribution in [0.1, 0.15) is 98.6 Å². The summed E-state index contributed by atoms with van der Waals surface area (Å²) >= 11 is 0. The highest BCUT2D eigenvalue weighted by molar-refractivity contribution is 6.45. The number of hydrogen-bond donors (Lipinski definition) is 2. The van der Waals surface area contributed by atoms with Crippen molar-refractivity contribution >= 4 is 57.1 Å². The molecule has 0 spiro atoms. The molecule has 16 heteroatoms. The molecule has 0 aliphatic carbocycles. The molecule has 0 unspecified atom stereocenters. The number of aromatic nitrogens is 2. The molecule has 2 heterocycles. The summed E-state index contributed by atoms with van der Waals surface area (Å²) in [7, 11) is 0. The number of ether oxygens (including phenoxy) is 6. The summed E-state index contributed by atoms with van der Waals surface area (Å²) in [6.07, 6.45) is 0. The van der Waals surface area contributed by atoms with Gasteiger partial charge in [0.2, 0.25) is 0 Å². The zero-order valence-corrected chi connectivity index (χ0v) is 39.4. The van der Waals surface area contributed by atoms with E-state index in [1.54, 1.807) is 101 Å². The Balaban J connectivity index is 1.17. The third-order valence-electron chi connectivity index (χ3n) is 10.9. The second-order valence-corrected chi connectivity index (χ2v) is 18.4. The van der Waals surface area contributed by atoms with Gasteiger partial charge < -0.3 is 49.0 Å². The minimum Gasteiger partial charge on any atom is -0.481 e. The highest BCUT2D eigenvalue weighted by Crippen LogP contribution is 2.38. The number of amides is 2. The lowest BCUT2D eigenvalue weighted by molar-refractivity contribution is -0.158. The highest BCUT2D eigenvalue weighted by atomic mass is 16.6. The van der Waals surface area contributed by atoms with E-state index in [0.29, 0.717) is 44.7 Å². The number of carbonyl (C=O) groups is 6. The van der Waals surface area contributed by atoms with Crippen molar-refractivity contribution in [1.82, 2.24) is 9.13 Å². The second kappa shape index (κ2) is 19.1. The second-order valence-electron chi connectivity index (χ2n) is 18.4. The van der Waals surface area contributed by atoms with Crippen LogP contribution in [0.3, 0.4) is 0 Å². The van der Waals surface area contributed by atoms with Crippen LogP contribution in [-0.2, 0) is 47.5 Å². The van der Waals surface area contributed by atoms with Crippen molar-refractivity contribution in [3.05, 3.63) is 119 Å². The van der Waals surface area contributed by atoms with E-state index in [0.717, 1.165) is 11.1 Å². The van der Waals surface area contributed by atoms with Gasteiger partial charge in [-0.3, -0.25) is 19.2 Å². The fourth-order valence-corrected chi connectivity index (χ4v) is 7.76. The van der Waals surface area contributed by atoms with Gasteiger partial charge in [-0.05, 0) is 115 Å². The lowest BCUT2D eigenvalue weighted by atomic mass is 9.78. The van der Waals surface area contributed by atoms with Crippen LogP contribution in [0.2, 0.25) is 0 Å². The number of nitrogens with two attached hydrogens (primary N) is 2. The van der Waals surface area contributed by atoms with E-state index < -0.39 is 65.2 Å². The Labute approximate surface area is 388 Å². The lowest BCUT2D eigenvalue weighted by Gasteiger charge is -2.26. The van der Waals surface area contributed by atoms with E-state index in [1.165, 1.54) is 0 Å². The average molecular weight is 917 g/mol. The Morgan fingerprint density at radius 1 is 0.493 bits per heavy atom. The van der Waals surface area contributed by atoms with Crippen LogP contribution in [0.15, 0.2) is 84.9 Å². The Hall–Kier alpha value is -7.62. The smallest absolute Gasteiger partial charge is 0.344 e. The molecule has 0 radical (unpaired) electrons. The largest absolute Gasteiger partial charge is 0.481 e. The number of Topliss-reactive ketones (excluding diaryl/α,β-unsaturated/α-hetero) is 2. The summed E-state index contributed by atoms with van der Waals surface area (Å²) in [5, 5.41) is 0.641. The molecule has 0 aliphatic rings. The lowest BCUT2D eigenvalue weighted by Crippen LogP contribution is -2.27. The molecule has 0 saturated carbocycles. The van der Waals surface area contributed by atoms with Crippen molar-refractivity contribution in [2.24, 2.45) is 11.5 Å². The predicted molar refractivity (Wildman–Crippen MR) is 249 cm³/mol. The minimum atomic E-state index is -1.14. The molecule has 0 fully saturated rings. The zero-order valence-electron chi connectivity index (χ0n) is 39.4. The van der Waals surface area contributed by atoms with Gasteiger partial charge in [0.1, 0.15) is 34.2 Å².